The van der Waals surface area contributed by atoms with Crippen LogP contribution in [0, 0.1) is 12.8 Å². The Balaban J connectivity index is 1.84. The SMILES string of the molecule is Cc1oc(CNS(=O)(=O)CCC2CCCCC2)cc1C(=O)O. The predicted octanol–water partition coefficient (Wildman–Crippen LogP) is 2.68. The van der Waals surface area contributed by atoms with Crippen LogP contribution in [0.1, 0.15) is 60.4 Å². The summed E-state index contributed by atoms with van der Waals surface area (Å²) in [6.45, 7) is 1.53. The second kappa shape index (κ2) is 7.28. The molecular weight excluding hydrogens is 306 g/mol. The normalized spacial score (nSPS) is 16.8. The first kappa shape index (κ1) is 17.0. The predicted molar refractivity (Wildman–Crippen MR) is 82.2 cm³/mol. The second-order valence-electron chi connectivity index (χ2n) is 5.92. The lowest BCUT2D eigenvalue weighted by Crippen LogP contribution is -2.27. The first-order valence-corrected chi connectivity index (χ1v) is 9.32. The number of hydrogen-bond acceptors (Lipinski definition) is 4. The number of rotatable bonds is 7. The molecule has 0 bridgehead atoms. The van der Waals surface area contributed by atoms with Gasteiger partial charge in [-0.1, -0.05) is 32.1 Å². The number of carboxylic acid groups (broad SMARTS) is 1. The summed E-state index contributed by atoms with van der Waals surface area (Å²) in [6.07, 6.45) is 6.57. The molecule has 1 aliphatic rings. The highest BCUT2D eigenvalue weighted by atomic mass is 32.2. The number of nitrogens with one attached hydrogen (secondary N) is 1. The smallest absolute Gasteiger partial charge is 0.339 e. The molecule has 124 valence electrons. The van der Waals surface area contributed by atoms with Crippen molar-refractivity contribution in [1.29, 1.82) is 0 Å². The third-order valence-electron chi connectivity index (χ3n) is 4.19. The molecule has 0 atom stereocenters. The summed E-state index contributed by atoms with van der Waals surface area (Å²) in [6, 6.07) is 1.36. The second-order valence-corrected chi connectivity index (χ2v) is 7.85. The van der Waals surface area contributed by atoms with E-state index in [0.717, 1.165) is 12.8 Å². The largest absolute Gasteiger partial charge is 0.478 e. The minimum absolute atomic E-state index is 0.0128. The highest BCUT2D eigenvalue weighted by molar-refractivity contribution is 7.89. The standard InChI is InChI=1S/C15H23NO5S/c1-11-14(15(17)18)9-13(21-11)10-16-22(19,20)8-7-12-5-3-2-4-6-12/h9,12,16H,2-8,10H2,1H3,(H,17,18). The van der Waals surface area contributed by atoms with Crippen molar-refractivity contribution in [3.63, 3.8) is 0 Å². The summed E-state index contributed by atoms with van der Waals surface area (Å²) >= 11 is 0. The highest BCUT2D eigenvalue weighted by Crippen LogP contribution is 2.26. The topological polar surface area (TPSA) is 96.6 Å². The van der Waals surface area contributed by atoms with Crippen LogP contribution in [0.5, 0.6) is 0 Å². The number of carboxylic acids is 1. The Kier molecular flexibility index (Phi) is 5.63. The third kappa shape index (κ3) is 4.84. The van der Waals surface area contributed by atoms with Gasteiger partial charge in [0.2, 0.25) is 10.0 Å². The highest BCUT2D eigenvalue weighted by Gasteiger charge is 2.19. The molecule has 2 N–H and O–H groups in total. The van der Waals surface area contributed by atoms with Crippen molar-refractivity contribution in [2.24, 2.45) is 5.92 Å². The molecule has 1 heterocycles. The van der Waals surface area contributed by atoms with Crippen LogP contribution >= 0.6 is 0 Å². The Labute approximate surface area is 131 Å². The minimum atomic E-state index is -3.36. The molecule has 0 saturated heterocycles. The van der Waals surface area contributed by atoms with E-state index in [1.807, 2.05) is 0 Å². The van der Waals surface area contributed by atoms with Crippen molar-refractivity contribution in [1.82, 2.24) is 4.72 Å². The summed E-state index contributed by atoms with van der Waals surface area (Å²) in [7, 11) is -3.36. The molecule has 1 fully saturated rings. The number of carbonyl (C=O) groups is 1. The molecule has 1 aliphatic carbocycles. The summed E-state index contributed by atoms with van der Waals surface area (Å²) in [5, 5.41) is 8.94. The molecule has 1 aromatic heterocycles. The maximum absolute atomic E-state index is 12.0. The van der Waals surface area contributed by atoms with Crippen molar-refractivity contribution in [2.45, 2.75) is 52.0 Å². The van der Waals surface area contributed by atoms with Crippen LogP contribution in [-0.4, -0.2) is 25.2 Å². The number of aromatic carboxylic acids is 1. The van der Waals surface area contributed by atoms with Crippen LogP contribution in [0.4, 0.5) is 0 Å². The quantitative estimate of drug-likeness (QED) is 0.801. The van der Waals surface area contributed by atoms with Gasteiger partial charge in [0.1, 0.15) is 17.1 Å². The van der Waals surface area contributed by atoms with Gasteiger partial charge in [-0.15, -0.1) is 0 Å². The Hall–Kier alpha value is -1.34. The van der Waals surface area contributed by atoms with E-state index in [1.165, 1.54) is 25.3 Å². The van der Waals surface area contributed by atoms with E-state index < -0.39 is 16.0 Å². The summed E-state index contributed by atoms with van der Waals surface area (Å²) in [4.78, 5) is 10.9. The van der Waals surface area contributed by atoms with Crippen molar-refractivity contribution in [3.05, 3.63) is 23.2 Å². The Morgan fingerprint density at radius 3 is 2.64 bits per heavy atom. The fourth-order valence-corrected chi connectivity index (χ4v) is 4.04. The van der Waals surface area contributed by atoms with Crippen LogP contribution in [0.25, 0.3) is 0 Å². The van der Waals surface area contributed by atoms with E-state index in [2.05, 4.69) is 4.72 Å². The molecule has 7 heteroatoms. The van der Waals surface area contributed by atoms with Crippen LogP contribution in [0.3, 0.4) is 0 Å². The van der Waals surface area contributed by atoms with E-state index in [-0.39, 0.29) is 23.6 Å². The number of aryl methyl sites for hydroxylation is 1. The van der Waals surface area contributed by atoms with Crippen LogP contribution in [0.2, 0.25) is 0 Å². The van der Waals surface area contributed by atoms with Crippen molar-refractivity contribution in [2.75, 3.05) is 5.75 Å². The number of hydrogen-bond donors (Lipinski definition) is 2. The lowest BCUT2D eigenvalue weighted by atomic mass is 9.88. The van der Waals surface area contributed by atoms with Crippen molar-refractivity contribution >= 4 is 16.0 Å². The van der Waals surface area contributed by atoms with Crippen LogP contribution in [-0.2, 0) is 16.6 Å². The first-order chi connectivity index (χ1) is 10.4. The van der Waals surface area contributed by atoms with Gasteiger partial charge >= 0.3 is 5.97 Å². The van der Waals surface area contributed by atoms with Gasteiger partial charge in [-0.3, -0.25) is 0 Å². The van der Waals surface area contributed by atoms with E-state index in [4.69, 9.17) is 9.52 Å². The average molecular weight is 329 g/mol. The van der Waals surface area contributed by atoms with E-state index in [9.17, 15) is 13.2 Å². The molecular formula is C15H23NO5S. The van der Waals surface area contributed by atoms with Gasteiger partial charge in [0.25, 0.3) is 0 Å². The molecule has 0 aromatic carbocycles. The fourth-order valence-electron chi connectivity index (χ4n) is 2.89. The zero-order chi connectivity index (χ0) is 16.2. The molecule has 6 nitrogen and oxygen atoms in total. The molecule has 2 rings (SSSR count). The average Bonchev–Trinajstić information content (AvgIpc) is 2.86. The van der Waals surface area contributed by atoms with Gasteiger partial charge in [0, 0.05) is 0 Å². The minimum Gasteiger partial charge on any atom is -0.478 e. The van der Waals surface area contributed by atoms with Gasteiger partial charge in [0.05, 0.1) is 12.3 Å². The molecule has 0 spiro atoms. The third-order valence-corrected chi connectivity index (χ3v) is 5.54. The van der Waals surface area contributed by atoms with Gasteiger partial charge in [-0.25, -0.2) is 17.9 Å². The lowest BCUT2D eigenvalue weighted by molar-refractivity contribution is 0.0695. The van der Waals surface area contributed by atoms with E-state index in [0.29, 0.717) is 18.1 Å². The Morgan fingerprint density at radius 1 is 1.36 bits per heavy atom. The fraction of sp³-hybridized carbons (Fsp3) is 0.667. The molecule has 1 aromatic rings. The number of furan rings is 1. The van der Waals surface area contributed by atoms with Crippen molar-refractivity contribution < 1.29 is 22.7 Å². The van der Waals surface area contributed by atoms with Gasteiger partial charge in [-0.05, 0) is 25.3 Å². The van der Waals surface area contributed by atoms with E-state index >= 15 is 0 Å². The van der Waals surface area contributed by atoms with Gasteiger partial charge in [0.15, 0.2) is 0 Å². The monoisotopic (exact) mass is 329 g/mol. The van der Waals surface area contributed by atoms with Crippen LogP contribution in [0.15, 0.2) is 10.5 Å². The first-order valence-electron chi connectivity index (χ1n) is 7.67. The molecule has 0 amide bonds. The molecule has 0 unspecified atom stereocenters. The Morgan fingerprint density at radius 2 is 2.05 bits per heavy atom. The maximum atomic E-state index is 12.0. The molecule has 1 saturated carbocycles. The molecule has 22 heavy (non-hydrogen) atoms. The van der Waals surface area contributed by atoms with Gasteiger partial charge < -0.3 is 9.52 Å². The Bertz CT molecular complexity index is 614. The molecule has 0 radical (unpaired) electrons. The maximum Gasteiger partial charge on any atom is 0.339 e. The summed E-state index contributed by atoms with van der Waals surface area (Å²) in [5.41, 5.74) is 0.0661. The summed E-state index contributed by atoms with van der Waals surface area (Å²) < 4.78 is 31.7. The lowest BCUT2D eigenvalue weighted by Gasteiger charge is -2.21. The van der Waals surface area contributed by atoms with Gasteiger partial charge in [-0.2, -0.15) is 0 Å². The van der Waals surface area contributed by atoms with E-state index in [1.54, 1.807) is 6.92 Å². The zero-order valence-electron chi connectivity index (χ0n) is 12.8. The summed E-state index contributed by atoms with van der Waals surface area (Å²) in [5.74, 6) is 0.144. The molecule has 0 aliphatic heterocycles. The van der Waals surface area contributed by atoms with Crippen molar-refractivity contribution in [3.8, 4) is 0 Å². The van der Waals surface area contributed by atoms with Crippen LogP contribution < -0.4 is 4.72 Å². The zero-order valence-corrected chi connectivity index (χ0v) is 13.6. The number of sulfonamides is 1.